The molecule has 3 heterocycles. The third-order valence-electron chi connectivity index (χ3n) is 5.02. The lowest BCUT2D eigenvalue weighted by atomic mass is 9.94. The summed E-state index contributed by atoms with van der Waals surface area (Å²) in [5.41, 5.74) is 3.06. The lowest BCUT2D eigenvalue weighted by Crippen LogP contribution is -2.42. The topological polar surface area (TPSA) is 83.1 Å². The highest BCUT2D eigenvalue weighted by Crippen LogP contribution is 2.32. The van der Waals surface area contributed by atoms with Gasteiger partial charge in [0.05, 0.1) is 6.61 Å². The number of aromatic amines is 1. The number of nitrogens with one attached hydrogen (secondary N) is 2. The number of halogens is 1. The molecule has 1 aliphatic carbocycles. The normalized spacial score (nSPS) is 20.8. The highest BCUT2D eigenvalue weighted by atomic mass is 35.5. The molecule has 2 N–H and O–H groups in total. The van der Waals surface area contributed by atoms with Gasteiger partial charge < -0.3 is 15.0 Å². The molecule has 0 fully saturated rings. The monoisotopic (exact) mass is 388 g/mol. The molecule has 2 unspecified atom stereocenters. The van der Waals surface area contributed by atoms with Gasteiger partial charge in [0.1, 0.15) is 17.6 Å². The largest absolute Gasteiger partial charge is 0.450 e. The van der Waals surface area contributed by atoms with E-state index in [4.69, 9.17) is 16.3 Å². The van der Waals surface area contributed by atoms with Crippen LogP contribution in [-0.4, -0.2) is 51.5 Å². The molecule has 1 aliphatic heterocycles. The molecule has 27 heavy (non-hydrogen) atoms. The summed E-state index contributed by atoms with van der Waals surface area (Å²) >= 11 is 5.47. The second-order valence-corrected chi connectivity index (χ2v) is 7.23. The fraction of sp³-hybridized carbons (Fsp3) is 0.421. The van der Waals surface area contributed by atoms with Crippen molar-refractivity contribution in [1.29, 1.82) is 0 Å². The number of hydrogen-bond donors (Lipinski definition) is 2. The van der Waals surface area contributed by atoms with Crippen LogP contribution >= 0.6 is 0 Å². The molecule has 2 aliphatic rings. The average molecular weight is 389 g/mol. The van der Waals surface area contributed by atoms with E-state index in [2.05, 4.69) is 32.4 Å². The Kier molecular flexibility index (Phi) is 4.78. The summed E-state index contributed by atoms with van der Waals surface area (Å²) in [5, 5.41) is 5.29. The summed E-state index contributed by atoms with van der Waals surface area (Å²) in [7, 11) is 1.77. The van der Waals surface area contributed by atoms with Crippen LogP contribution in [0.5, 0.6) is 0 Å². The molecule has 0 saturated heterocycles. The van der Waals surface area contributed by atoms with Gasteiger partial charge in [0.25, 0.3) is 0 Å². The molecule has 0 aromatic carbocycles. The van der Waals surface area contributed by atoms with E-state index in [0.29, 0.717) is 19.1 Å². The number of anilines is 1. The molecule has 0 spiro atoms. The summed E-state index contributed by atoms with van der Waals surface area (Å²) in [5.74, 6) is 0.541. The molecule has 142 valence electrons. The molecule has 7 nitrogen and oxygen atoms in total. The fourth-order valence-corrected chi connectivity index (χ4v) is 4.05. The first-order chi connectivity index (χ1) is 13.1. The van der Waals surface area contributed by atoms with Gasteiger partial charge in [-0.3, -0.25) is 4.90 Å². The minimum atomic E-state index is -0.326. The minimum absolute atomic E-state index is 0.109. The van der Waals surface area contributed by atoms with Crippen LogP contribution in [0.15, 0.2) is 12.4 Å². The van der Waals surface area contributed by atoms with E-state index in [-0.39, 0.29) is 17.5 Å². The van der Waals surface area contributed by atoms with Crippen molar-refractivity contribution in [3.63, 3.8) is 0 Å². The molecule has 4 rings (SSSR count). The number of H-pyrrole nitrogens is 1. The third-order valence-corrected chi connectivity index (χ3v) is 5.35. The third kappa shape index (κ3) is 3.16. The van der Waals surface area contributed by atoms with Crippen molar-refractivity contribution < 1.29 is 21.1 Å². The second-order valence-electron chi connectivity index (χ2n) is 6.62. The Balaban J connectivity index is 1.85. The maximum atomic E-state index is 12.6. The number of rotatable bonds is 3. The van der Waals surface area contributed by atoms with Crippen molar-refractivity contribution >= 4 is 24.2 Å². The molecule has 8 heteroatoms. The Bertz CT molecular complexity index is 969. The zero-order valence-electron chi connectivity index (χ0n) is 15.4. The zero-order chi connectivity index (χ0) is 19.0. The van der Waals surface area contributed by atoms with Crippen LogP contribution in [-0.2, 0) is 11.2 Å². The van der Waals surface area contributed by atoms with E-state index < -0.39 is 0 Å². The van der Waals surface area contributed by atoms with Gasteiger partial charge >= 0.3 is 6.09 Å². The van der Waals surface area contributed by atoms with Crippen LogP contribution in [0.3, 0.4) is 0 Å². The van der Waals surface area contributed by atoms with Crippen LogP contribution in [0.25, 0.3) is 12.2 Å². The number of nitrogens with zero attached hydrogens (tertiary/aromatic N) is 3. The van der Waals surface area contributed by atoms with Gasteiger partial charge in [0.15, 0.2) is 0 Å². The van der Waals surface area contributed by atoms with Gasteiger partial charge in [-0.25, -0.2) is 14.8 Å². The zero-order valence-corrected chi connectivity index (χ0v) is 16.2. The lowest BCUT2D eigenvalue weighted by Gasteiger charge is -2.34. The molecule has 2 aromatic rings. The molecular formula is C19H23ClN5O2+. The number of amides is 1. The Hall–Kier alpha value is -2.54. The summed E-state index contributed by atoms with van der Waals surface area (Å²) in [6.07, 6.45) is 9.09. The van der Waals surface area contributed by atoms with Crippen LogP contribution in [0.2, 0.25) is 0 Å². The van der Waals surface area contributed by atoms with Crippen molar-refractivity contribution in [3.8, 4) is 0 Å². The summed E-state index contributed by atoms with van der Waals surface area (Å²) in [6.45, 7) is 2.73. The van der Waals surface area contributed by atoms with Crippen LogP contribution in [0.4, 0.5) is 10.7 Å². The van der Waals surface area contributed by atoms with E-state index in [1.807, 2.05) is 6.92 Å². The van der Waals surface area contributed by atoms with E-state index in [1.54, 1.807) is 24.3 Å². The molecule has 2 atom stereocenters. The van der Waals surface area contributed by atoms with Crippen molar-refractivity contribution in [3.05, 3.63) is 39.8 Å². The van der Waals surface area contributed by atoms with Crippen molar-refractivity contribution in [1.82, 2.24) is 19.9 Å². The van der Waals surface area contributed by atoms with Gasteiger partial charge in [-0.05, 0) is 25.0 Å². The number of aromatic nitrogens is 3. The smallest absolute Gasteiger partial charge is 0.410 e. The van der Waals surface area contributed by atoms with Crippen molar-refractivity contribution in [2.75, 3.05) is 25.5 Å². The van der Waals surface area contributed by atoms with E-state index in [0.717, 1.165) is 29.4 Å². The predicted molar refractivity (Wildman–Crippen MR) is 99.6 cm³/mol. The number of fused-ring (bicyclic) bond motifs is 3. The van der Waals surface area contributed by atoms with Gasteiger partial charge in [0, 0.05) is 54.2 Å². The van der Waals surface area contributed by atoms with Gasteiger partial charge in [-0.1, -0.05) is 6.08 Å². The first-order valence-corrected chi connectivity index (χ1v) is 9.61. The first-order valence-electron chi connectivity index (χ1n) is 9.14. The number of carbonyl (C=O) groups is 1. The van der Waals surface area contributed by atoms with Gasteiger partial charge in [-0.2, -0.15) is 0 Å². The first kappa shape index (κ1) is 17.9. The maximum absolute atomic E-state index is 12.6. The summed E-state index contributed by atoms with van der Waals surface area (Å²) < 4.78 is 5.30. The average Bonchev–Trinajstić information content (AvgIpc) is 3.05. The highest BCUT2D eigenvalue weighted by molar-refractivity contribution is 5.70. The number of carbonyl (C=O) groups excluding carboxylic acids is 1. The highest BCUT2D eigenvalue weighted by Gasteiger charge is 2.36. The summed E-state index contributed by atoms with van der Waals surface area (Å²) in [6, 6.07) is -0.310. The van der Waals surface area contributed by atoms with Gasteiger partial charge in [-0.15, -0.1) is 0 Å². The summed E-state index contributed by atoms with van der Waals surface area (Å²) in [4.78, 5) is 26.5. The number of hydrogen-bond acceptors (Lipinski definition) is 5. The molecular weight excluding hydrogens is 366 g/mol. The molecule has 0 bridgehead atoms. The SMILES string of the molecule is CCOC(=O)N1CCc2c([nH]c3c2=CC([ClH+])CC=3)C1c1cnc(NC)nc1. The quantitative estimate of drug-likeness (QED) is 0.751. The molecule has 0 radical (unpaired) electrons. The Morgan fingerprint density at radius 3 is 2.93 bits per heavy atom. The number of ether oxygens (including phenoxy) is 1. The van der Waals surface area contributed by atoms with E-state index >= 15 is 0 Å². The molecule has 1 amide bonds. The lowest BCUT2D eigenvalue weighted by molar-refractivity contribution is -0.395. The van der Waals surface area contributed by atoms with E-state index in [9.17, 15) is 4.79 Å². The van der Waals surface area contributed by atoms with Crippen molar-refractivity contribution in [2.24, 2.45) is 0 Å². The second kappa shape index (κ2) is 7.23. The van der Waals surface area contributed by atoms with E-state index in [1.165, 1.54) is 10.8 Å². The Morgan fingerprint density at radius 2 is 2.22 bits per heavy atom. The molecule has 0 saturated carbocycles. The standard InChI is InChI=1S/C19H23ClN5O2/c1-3-27-19(26)25-7-6-13-14-8-12(20)4-5-15(14)24-16(13)17(25)11-9-22-18(21-2)23-10-11/h5,8-10,12,17,20,24H,3-4,6-7H2,1-2H3,(H,21,22,23)/q+1. The van der Waals surface area contributed by atoms with Crippen LogP contribution in [0, 0.1) is 11.6 Å². The molecule has 2 aromatic heterocycles. The van der Waals surface area contributed by atoms with Crippen LogP contribution < -0.4 is 15.9 Å². The van der Waals surface area contributed by atoms with Gasteiger partial charge in [0.2, 0.25) is 11.3 Å². The fourth-order valence-electron chi connectivity index (χ4n) is 3.81. The Labute approximate surface area is 162 Å². The van der Waals surface area contributed by atoms with Crippen molar-refractivity contribution in [2.45, 2.75) is 31.2 Å². The Morgan fingerprint density at radius 1 is 1.44 bits per heavy atom. The minimum Gasteiger partial charge on any atom is -0.450 e. The maximum Gasteiger partial charge on any atom is 0.410 e. The van der Waals surface area contributed by atoms with Crippen LogP contribution in [0.1, 0.15) is 36.2 Å². The number of alkyl halides is 1. The predicted octanol–water partition coefficient (Wildman–Crippen LogP) is 0.565.